The topological polar surface area (TPSA) is 0 Å². The molecule has 0 bridgehead atoms. The second-order valence-electron chi connectivity index (χ2n) is 7.35. The van der Waals surface area contributed by atoms with Crippen LogP contribution < -0.4 is 0 Å². The van der Waals surface area contributed by atoms with Gasteiger partial charge < -0.3 is 0 Å². The molecule has 0 aromatic heterocycles. The van der Waals surface area contributed by atoms with Gasteiger partial charge >= 0.3 is 0 Å². The molecule has 23 heavy (non-hydrogen) atoms. The quantitative estimate of drug-likeness (QED) is 0.315. The van der Waals surface area contributed by atoms with Gasteiger partial charge in [-0.1, -0.05) is 18.2 Å². The van der Waals surface area contributed by atoms with Crippen molar-refractivity contribution >= 4 is 32.3 Å². The van der Waals surface area contributed by atoms with E-state index in [1.54, 1.807) is 0 Å². The van der Waals surface area contributed by atoms with Gasteiger partial charge in [-0.3, -0.25) is 0 Å². The molecule has 0 saturated carbocycles. The second kappa shape index (κ2) is 4.47. The fourth-order valence-electron chi connectivity index (χ4n) is 4.53. The van der Waals surface area contributed by atoms with Gasteiger partial charge in [-0.05, 0) is 120 Å². The first-order chi connectivity index (χ1) is 10.8. The van der Waals surface area contributed by atoms with Crippen LogP contribution in [0.1, 0.15) is 38.9 Å². The van der Waals surface area contributed by atoms with Crippen LogP contribution in [0.3, 0.4) is 0 Å². The minimum Gasteiger partial charge on any atom is -0.0511 e. The summed E-state index contributed by atoms with van der Waals surface area (Å²) in [6.45, 7) is 15.9. The third kappa shape index (κ3) is 1.67. The van der Waals surface area contributed by atoms with Crippen LogP contribution in [0, 0.1) is 48.5 Å². The minimum atomic E-state index is 1.39. The first-order valence-electron chi connectivity index (χ1n) is 8.48. The molecule has 0 heteroatoms. The number of rotatable bonds is 0. The molecule has 0 unspecified atom stereocenters. The van der Waals surface area contributed by atoms with E-state index >= 15 is 0 Å². The Morgan fingerprint density at radius 1 is 0.435 bits per heavy atom. The maximum Gasteiger partial charge on any atom is -0.00183 e. The monoisotopic (exact) mass is 300 g/mol. The summed E-state index contributed by atoms with van der Waals surface area (Å²) in [6.07, 6.45) is 0. The molecule has 4 aromatic carbocycles. The molecule has 0 radical (unpaired) electrons. The van der Waals surface area contributed by atoms with Gasteiger partial charge in [0.15, 0.2) is 0 Å². The van der Waals surface area contributed by atoms with Crippen molar-refractivity contribution < 1.29 is 0 Å². The van der Waals surface area contributed by atoms with E-state index in [1.807, 2.05) is 0 Å². The summed E-state index contributed by atoms with van der Waals surface area (Å²) in [6, 6.07) is 7.17. The number of hydrogen-bond donors (Lipinski definition) is 0. The van der Waals surface area contributed by atoms with Gasteiger partial charge in [0.05, 0.1) is 0 Å². The first kappa shape index (κ1) is 14.5. The van der Waals surface area contributed by atoms with Crippen molar-refractivity contribution in [2.75, 3.05) is 0 Å². The molecule has 4 rings (SSSR count). The van der Waals surface area contributed by atoms with Crippen LogP contribution in [0.2, 0.25) is 0 Å². The summed E-state index contributed by atoms with van der Waals surface area (Å²) in [7, 11) is 0. The molecular formula is C23H24. The molecule has 0 N–H and O–H groups in total. The Labute approximate surface area is 138 Å². The van der Waals surface area contributed by atoms with Crippen molar-refractivity contribution in [3.05, 3.63) is 57.1 Å². The van der Waals surface area contributed by atoms with Crippen molar-refractivity contribution in [3.63, 3.8) is 0 Å². The van der Waals surface area contributed by atoms with E-state index in [-0.39, 0.29) is 0 Å². The van der Waals surface area contributed by atoms with Gasteiger partial charge in [-0.25, -0.2) is 0 Å². The number of hydrogen-bond acceptors (Lipinski definition) is 0. The van der Waals surface area contributed by atoms with Gasteiger partial charge in [0.25, 0.3) is 0 Å². The van der Waals surface area contributed by atoms with Crippen LogP contribution in [0.25, 0.3) is 32.3 Å². The Balaban J connectivity index is 2.51. The molecule has 0 nitrogen and oxygen atoms in total. The van der Waals surface area contributed by atoms with E-state index in [9.17, 15) is 0 Å². The highest BCUT2D eigenvalue weighted by atomic mass is 14.2. The van der Waals surface area contributed by atoms with E-state index in [2.05, 4.69) is 66.7 Å². The second-order valence-corrected chi connectivity index (χ2v) is 7.35. The normalized spacial score (nSPS) is 12.1. The first-order valence-corrected chi connectivity index (χ1v) is 8.48. The van der Waals surface area contributed by atoms with Gasteiger partial charge in [-0.2, -0.15) is 0 Å². The maximum atomic E-state index is 2.41. The molecule has 0 aliphatic heterocycles. The third-order valence-electron chi connectivity index (χ3n) is 6.07. The summed E-state index contributed by atoms with van der Waals surface area (Å²) in [5.41, 5.74) is 9.94. The molecule has 0 heterocycles. The largest absolute Gasteiger partial charge is 0.0511 e. The molecule has 116 valence electrons. The number of benzene rings is 4. The predicted molar refractivity (Wildman–Crippen MR) is 103 cm³/mol. The summed E-state index contributed by atoms with van der Waals surface area (Å²) in [5.74, 6) is 0. The Kier molecular flexibility index (Phi) is 2.82. The van der Waals surface area contributed by atoms with Crippen LogP contribution in [-0.4, -0.2) is 0 Å². The average molecular weight is 300 g/mol. The molecule has 0 aliphatic rings. The van der Waals surface area contributed by atoms with Crippen molar-refractivity contribution in [3.8, 4) is 0 Å². The van der Waals surface area contributed by atoms with E-state index < -0.39 is 0 Å². The van der Waals surface area contributed by atoms with Gasteiger partial charge in [0.1, 0.15) is 0 Å². The van der Waals surface area contributed by atoms with Crippen molar-refractivity contribution in [1.29, 1.82) is 0 Å². The van der Waals surface area contributed by atoms with Crippen molar-refractivity contribution in [1.82, 2.24) is 0 Å². The summed E-state index contributed by atoms with van der Waals surface area (Å²) >= 11 is 0. The molecule has 0 spiro atoms. The van der Waals surface area contributed by atoms with Crippen LogP contribution >= 0.6 is 0 Å². The van der Waals surface area contributed by atoms with Crippen LogP contribution in [-0.2, 0) is 0 Å². The fraction of sp³-hybridized carbons (Fsp3) is 0.304. The standard InChI is InChI=1S/C23H24/c1-11-8-18-9-12(2)21-17(7)15(5)16(6)19-10-13(3)20(14(11)4)22(18)23(19)21/h8-10H,1-7H3. The molecule has 0 fully saturated rings. The van der Waals surface area contributed by atoms with Crippen molar-refractivity contribution in [2.45, 2.75) is 48.5 Å². The summed E-state index contributed by atoms with van der Waals surface area (Å²) in [5, 5.41) is 8.69. The lowest BCUT2D eigenvalue weighted by Crippen LogP contribution is -1.98. The van der Waals surface area contributed by atoms with Crippen LogP contribution in [0.4, 0.5) is 0 Å². The smallest absolute Gasteiger partial charge is 0.00183 e. The highest BCUT2D eigenvalue weighted by Gasteiger charge is 2.18. The highest BCUT2D eigenvalue weighted by molar-refractivity contribution is 6.26. The highest BCUT2D eigenvalue weighted by Crippen LogP contribution is 2.43. The summed E-state index contributed by atoms with van der Waals surface area (Å²) in [4.78, 5) is 0. The molecule has 0 aliphatic carbocycles. The molecule has 4 aromatic rings. The Morgan fingerprint density at radius 2 is 1.00 bits per heavy atom. The Morgan fingerprint density at radius 3 is 1.70 bits per heavy atom. The van der Waals surface area contributed by atoms with E-state index in [1.165, 1.54) is 71.3 Å². The molecule has 0 saturated heterocycles. The summed E-state index contributed by atoms with van der Waals surface area (Å²) < 4.78 is 0. The zero-order valence-electron chi connectivity index (χ0n) is 15.2. The Hall–Kier alpha value is -2.08. The maximum absolute atomic E-state index is 2.41. The van der Waals surface area contributed by atoms with Crippen molar-refractivity contribution in [2.24, 2.45) is 0 Å². The zero-order chi connectivity index (χ0) is 16.6. The molecule has 0 amide bonds. The average Bonchev–Trinajstić information content (AvgIpc) is 2.50. The fourth-order valence-corrected chi connectivity index (χ4v) is 4.53. The van der Waals surface area contributed by atoms with E-state index in [0.29, 0.717) is 0 Å². The number of aryl methyl sites for hydroxylation is 6. The van der Waals surface area contributed by atoms with Gasteiger partial charge in [0.2, 0.25) is 0 Å². The lowest BCUT2D eigenvalue weighted by Gasteiger charge is -2.22. The molecular weight excluding hydrogens is 276 g/mol. The third-order valence-corrected chi connectivity index (χ3v) is 6.07. The van der Waals surface area contributed by atoms with E-state index in [4.69, 9.17) is 0 Å². The predicted octanol–water partition coefficient (Wildman–Crippen LogP) is 6.74. The van der Waals surface area contributed by atoms with Gasteiger partial charge in [-0.15, -0.1) is 0 Å². The lowest BCUT2D eigenvalue weighted by molar-refractivity contribution is 1.30. The zero-order valence-corrected chi connectivity index (χ0v) is 15.2. The lowest BCUT2D eigenvalue weighted by atomic mass is 9.82. The van der Waals surface area contributed by atoms with E-state index in [0.717, 1.165) is 0 Å². The van der Waals surface area contributed by atoms with Crippen LogP contribution in [0.15, 0.2) is 18.2 Å². The SMILES string of the molecule is Cc1cc2cc(C)c3c(C)c(C)c(C)c4cc(C)c(c1C)c2c43. The van der Waals surface area contributed by atoms with Gasteiger partial charge in [0, 0.05) is 0 Å². The van der Waals surface area contributed by atoms with Crippen LogP contribution in [0.5, 0.6) is 0 Å². The molecule has 0 atom stereocenters. The Bertz CT molecular complexity index is 1110. The minimum absolute atomic E-state index is 1.39.